The van der Waals surface area contributed by atoms with Crippen LogP contribution in [0, 0.1) is 5.41 Å². The summed E-state index contributed by atoms with van der Waals surface area (Å²) in [6.07, 6.45) is 2.91. The number of rotatable bonds is 4. The summed E-state index contributed by atoms with van der Waals surface area (Å²) in [5.41, 5.74) is -0.525. The summed E-state index contributed by atoms with van der Waals surface area (Å²) >= 11 is 5.88. The van der Waals surface area contributed by atoms with Gasteiger partial charge < -0.3 is 10.6 Å². The molecule has 6 heteroatoms. The molecule has 0 spiro atoms. The van der Waals surface area contributed by atoms with Gasteiger partial charge in [0.05, 0.1) is 11.6 Å². The van der Waals surface area contributed by atoms with Gasteiger partial charge in [-0.1, -0.05) is 11.6 Å². The molecule has 1 aromatic rings. The topological polar surface area (TPSA) is 66.9 Å². The summed E-state index contributed by atoms with van der Waals surface area (Å²) < 4.78 is 0. The summed E-state index contributed by atoms with van der Waals surface area (Å²) in [6.45, 7) is 4.13. The predicted molar refractivity (Wildman–Crippen MR) is 63.4 cm³/mol. The maximum atomic E-state index is 11.5. The van der Waals surface area contributed by atoms with Crippen LogP contribution in [0.1, 0.15) is 13.8 Å². The third-order valence-corrected chi connectivity index (χ3v) is 2.48. The highest BCUT2D eigenvalue weighted by atomic mass is 35.5. The normalized spacial score (nSPS) is 11.0. The molecule has 2 N–H and O–H groups in total. The van der Waals surface area contributed by atoms with Crippen molar-refractivity contribution >= 4 is 23.3 Å². The Morgan fingerprint density at radius 1 is 1.56 bits per heavy atom. The molecule has 0 atom stereocenters. The fraction of sp³-hybridized carbons (Fsp3) is 0.500. The number of carbonyl (C=O) groups is 1. The van der Waals surface area contributed by atoms with Crippen LogP contribution in [0.5, 0.6) is 0 Å². The van der Waals surface area contributed by atoms with Crippen LogP contribution in [0.4, 0.5) is 5.82 Å². The lowest BCUT2D eigenvalue weighted by atomic mass is 9.92. The quantitative estimate of drug-likeness (QED) is 0.836. The van der Waals surface area contributed by atoms with Gasteiger partial charge in [-0.2, -0.15) is 0 Å². The van der Waals surface area contributed by atoms with Gasteiger partial charge in [-0.15, -0.1) is 0 Å². The second-order valence-electron chi connectivity index (χ2n) is 4.04. The Morgan fingerprint density at radius 2 is 2.25 bits per heavy atom. The van der Waals surface area contributed by atoms with Crippen LogP contribution < -0.4 is 10.6 Å². The lowest BCUT2D eigenvalue weighted by Crippen LogP contribution is -2.39. The molecule has 0 aromatic carbocycles. The van der Waals surface area contributed by atoms with Crippen molar-refractivity contribution in [2.75, 3.05) is 18.9 Å². The van der Waals surface area contributed by atoms with Gasteiger partial charge in [0.1, 0.15) is 17.2 Å². The van der Waals surface area contributed by atoms with Crippen LogP contribution in [-0.4, -0.2) is 29.5 Å². The van der Waals surface area contributed by atoms with E-state index in [1.54, 1.807) is 7.05 Å². The fourth-order valence-electron chi connectivity index (χ4n) is 1.17. The molecule has 5 nitrogen and oxygen atoms in total. The first-order valence-electron chi connectivity index (χ1n) is 4.89. The van der Waals surface area contributed by atoms with E-state index in [9.17, 15) is 4.79 Å². The van der Waals surface area contributed by atoms with E-state index in [4.69, 9.17) is 11.6 Å². The smallest absolute Gasteiger partial charge is 0.227 e. The molecule has 0 saturated heterocycles. The van der Waals surface area contributed by atoms with Crippen molar-refractivity contribution in [1.29, 1.82) is 0 Å². The van der Waals surface area contributed by atoms with Crippen LogP contribution in [0.3, 0.4) is 0 Å². The molecule has 1 aromatic heterocycles. The van der Waals surface area contributed by atoms with Crippen LogP contribution in [0.2, 0.25) is 5.02 Å². The second-order valence-corrected chi connectivity index (χ2v) is 4.44. The summed E-state index contributed by atoms with van der Waals surface area (Å²) in [5, 5.41) is 6.08. The minimum atomic E-state index is -0.525. The first-order chi connectivity index (χ1) is 7.47. The molecular formula is C10H15ClN4O. The van der Waals surface area contributed by atoms with Crippen molar-refractivity contribution < 1.29 is 4.79 Å². The highest BCUT2D eigenvalue weighted by Gasteiger charge is 2.26. The van der Waals surface area contributed by atoms with Crippen LogP contribution in [0.25, 0.3) is 0 Å². The van der Waals surface area contributed by atoms with E-state index in [0.717, 1.165) is 0 Å². The minimum Gasteiger partial charge on any atom is -0.368 e. The Labute approximate surface area is 99.6 Å². The van der Waals surface area contributed by atoms with E-state index in [1.165, 1.54) is 12.5 Å². The molecule has 0 saturated carbocycles. The standard InChI is InChI=1S/C10H15ClN4O/c1-10(2,9(16)12-3)5-14-8-7(11)4-13-6-15-8/h4,6H,5H2,1-3H3,(H,12,16)(H,13,14,15). The van der Waals surface area contributed by atoms with Crippen molar-refractivity contribution in [3.8, 4) is 0 Å². The number of anilines is 1. The van der Waals surface area contributed by atoms with Crippen LogP contribution in [-0.2, 0) is 4.79 Å². The molecule has 0 aliphatic carbocycles. The molecule has 0 unspecified atom stereocenters. The maximum Gasteiger partial charge on any atom is 0.227 e. The Kier molecular flexibility index (Phi) is 4.06. The number of hydrogen-bond acceptors (Lipinski definition) is 4. The fourth-order valence-corrected chi connectivity index (χ4v) is 1.34. The van der Waals surface area contributed by atoms with Crippen molar-refractivity contribution in [2.24, 2.45) is 5.41 Å². The zero-order valence-corrected chi connectivity index (χ0v) is 10.3. The van der Waals surface area contributed by atoms with Gasteiger partial charge >= 0.3 is 0 Å². The molecule has 88 valence electrons. The maximum absolute atomic E-state index is 11.5. The number of aromatic nitrogens is 2. The van der Waals surface area contributed by atoms with Gasteiger partial charge in [0.15, 0.2) is 0 Å². The highest BCUT2D eigenvalue weighted by molar-refractivity contribution is 6.32. The highest BCUT2D eigenvalue weighted by Crippen LogP contribution is 2.20. The molecule has 0 aliphatic heterocycles. The van der Waals surface area contributed by atoms with Crippen molar-refractivity contribution in [3.63, 3.8) is 0 Å². The third-order valence-electron chi connectivity index (χ3n) is 2.21. The molecule has 1 rings (SSSR count). The number of carbonyl (C=O) groups excluding carboxylic acids is 1. The largest absolute Gasteiger partial charge is 0.368 e. The summed E-state index contributed by atoms with van der Waals surface area (Å²) in [7, 11) is 1.61. The lowest BCUT2D eigenvalue weighted by molar-refractivity contribution is -0.128. The van der Waals surface area contributed by atoms with E-state index in [2.05, 4.69) is 20.6 Å². The third kappa shape index (κ3) is 3.06. The molecule has 0 radical (unpaired) electrons. The Morgan fingerprint density at radius 3 is 2.81 bits per heavy atom. The van der Waals surface area contributed by atoms with E-state index < -0.39 is 5.41 Å². The molecule has 16 heavy (non-hydrogen) atoms. The molecule has 0 aliphatic rings. The molecule has 1 amide bonds. The lowest BCUT2D eigenvalue weighted by Gasteiger charge is -2.23. The number of hydrogen-bond donors (Lipinski definition) is 2. The molecule has 0 fully saturated rings. The van der Waals surface area contributed by atoms with Gasteiger partial charge in [-0.25, -0.2) is 9.97 Å². The average Bonchev–Trinajstić information content (AvgIpc) is 2.27. The minimum absolute atomic E-state index is 0.0369. The Bertz CT molecular complexity index is 381. The van der Waals surface area contributed by atoms with Crippen molar-refractivity contribution in [2.45, 2.75) is 13.8 Å². The second kappa shape index (κ2) is 5.12. The molecule has 1 heterocycles. The van der Waals surface area contributed by atoms with Gasteiger partial charge in [0, 0.05) is 13.6 Å². The summed E-state index contributed by atoms with van der Waals surface area (Å²) in [5.74, 6) is 0.499. The van der Waals surface area contributed by atoms with Crippen LogP contribution in [0.15, 0.2) is 12.5 Å². The molecular weight excluding hydrogens is 228 g/mol. The van der Waals surface area contributed by atoms with E-state index in [1.807, 2.05) is 13.8 Å². The zero-order valence-electron chi connectivity index (χ0n) is 9.54. The summed E-state index contributed by atoms with van der Waals surface area (Å²) in [4.78, 5) is 19.3. The van der Waals surface area contributed by atoms with E-state index in [-0.39, 0.29) is 5.91 Å². The van der Waals surface area contributed by atoms with Crippen molar-refractivity contribution in [3.05, 3.63) is 17.5 Å². The van der Waals surface area contributed by atoms with Gasteiger partial charge in [0.2, 0.25) is 5.91 Å². The van der Waals surface area contributed by atoms with Crippen LogP contribution >= 0.6 is 11.6 Å². The van der Waals surface area contributed by atoms with E-state index >= 15 is 0 Å². The Balaban J connectivity index is 2.65. The van der Waals surface area contributed by atoms with Gasteiger partial charge in [-0.3, -0.25) is 4.79 Å². The molecule has 0 bridgehead atoms. The monoisotopic (exact) mass is 242 g/mol. The number of nitrogens with zero attached hydrogens (tertiary/aromatic N) is 2. The summed E-state index contributed by atoms with van der Waals surface area (Å²) in [6, 6.07) is 0. The average molecular weight is 243 g/mol. The predicted octanol–water partition coefficient (Wildman–Crippen LogP) is 1.31. The SMILES string of the molecule is CNC(=O)C(C)(C)CNc1ncncc1Cl. The zero-order chi connectivity index (χ0) is 12.2. The number of nitrogens with one attached hydrogen (secondary N) is 2. The first kappa shape index (κ1) is 12.7. The number of amides is 1. The van der Waals surface area contributed by atoms with E-state index in [0.29, 0.717) is 17.4 Å². The first-order valence-corrected chi connectivity index (χ1v) is 5.27. The number of halogens is 1. The van der Waals surface area contributed by atoms with Crippen molar-refractivity contribution in [1.82, 2.24) is 15.3 Å². The van der Waals surface area contributed by atoms with Gasteiger partial charge in [0.25, 0.3) is 0 Å². The Hall–Kier alpha value is -1.36. The van der Waals surface area contributed by atoms with Gasteiger partial charge in [-0.05, 0) is 13.8 Å².